The molecule has 0 bridgehead atoms. The van der Waals surface area contributed by atoms with Crippen LogP contribution in [0.5, 0.6) is 0 Å². The zero-order valence-electron chi connectivity index (χ0n) is 9.74. The number of hydrogen-bond acceptors (Lipinski definition) is 3. The van der Waals surface area contributed by atoms with E-state index in [1.165, 1.54) is 18.6 Å². The van der Waals surface area contributed by atoms with Crippen molar-refractivity contribution in [1.82, 2.24) is 10.6 Å². The SMILES string of the molecule is CCNC(=NCCO)NC1CCCSC1.I. The third kappa shape index (κ3) is 6.80. The number of guanidine groups is 1. The minimum absolute atomic E-state index is 0. The molecule has 16 heavy (non-hydrogen) atoms. The molecule has 1 atom stereocenters. The van der Waals surface area contributed by atoms with Gasteiger partial charge in [-0.2, -0.15) is 11.8 Å². The predicted molar refractivity (Wildman–Crippen MR) is 82.0 cm³/mol. The lowest BCUT2D eigenvalue weighted by Crippen LogP contribution is -2.45. The van der Waals surface area contributed by atoms with E-state index in [0.29, 0.717) is 12.6 Å². The molecule has 0 saturated carbocycles. The van der Waals surface area contributed by atoms with Gasteiger partial charge in [-0.1, -0.05) is 0 Å². The van der Waals surface area contributed by atoms with Crippen molar-refractivity contribution < 1.29 is 5.11 Å². The summed E-state index contributed by atoms with van der Waals surface area (Å²) in [5, 5.41) is 15.3. The van der Waals surface area contributed by atoms with Crippen molar-refractivity contribution in [3.05, 3.63) is 0 Å². The summed E-state index contributed by atoms with van der Waals surface area (Å²) in [5.74, 6) is 3.27. The second-order valence-electron chi connectivity index (χ2n) is 3.54. The minimum Gasteiger partial charge on any atom is -0.394 e. The largest absolute Gasteiger partial charge is 0.394 e. The van der Waals surface area contributed by atoms with Crippen LogP contribution in [0.25, 0.3) is 0 Å². The minimum atomic E-state index is 0. The molecule has 0 radical (unpaired) electrons. The molecule has 0 aromatic carbocycles. The fourth-order valence-electron chi connectivity index (χ4n) is 1.53. The highest BCUT2D eigenvalue weighted by Crippen LogP contribution is 2.16. The Balaban J connectivity index is 0.00000225. The van der Waals surface area contributed by atoms with Gasteiger partial charge in [0.1, 0.15) is 0 Å². The Hall–Kier alpha value is 0.310. The predicted octanol–water partition coefficient (Wildman–Crippen LogP) is 1.05. The Morgan fingerprint density at radius 3 is 2.94 bits per heavy atom. The van der Waals surface area contributed by atoms with Crippen LogP contribution in [0.2, 0.25) is 0 Å². The molecule has 1 aliphatic heterocycles. The molecule has 0 aliphatic carbocycles. The molecule has 3 N–H and O–H groups in total. The van der Waals surface area contributed by atoms with Crippen molar-refractivity contribution in [2.24, 2.45) is 4.99 Å². The topological polar surface area (TPSA) is 56.7 Å². The molecule has 6 heteroatoms. The van der Waals surface area contributed by atoms with Crippen molar-refractivity contribution in [2.45, 2.75) is 25.8 Å². The average molecular weight is 359 g/mol. The molecule has 1 unspecified atom stereocenters. The summed E-state index contributed by atoms with van der Waals surface area (Å²) in [6, 6.07) is 0.528. The lowest BCUT2D eigenvalue weighted by atomic mass is 10.2. The van der Waals surface area contributed by atoms with Crippen LogP contribution in [-0.2, 0) is 0 Å². The molecule has 1 fully saturated rings. The maximum Gasteiger partial charge on any atom is 0.191 e. The van der Waals surface area contributed by atoms with E-state index >= 15 is 0 Å². The quantitative estimate of drug-likeness (QED) is 0.399. The zero-order valence-corrected chi connectivity index (χ0v) is 12.9. The van der Waals surface area contributed by atoms with Crippen molar-refractivity contribution in [3.8, 4) is 0 Å². The van der Waals surface area contributed by atoms with Gasteiger partial charge < -0.3 is 15.7 Å². The van der Waals surface area contributed by atoms with Crippen LogP contribution in [0, 0.1) is 0 Å². The third-order valence-corrected chi connectivity index (χ3v) is 3.43. The highest BCUT2D eigenvalue weighted by atomic mass is 127. The van der Waals surface area contributed by atoms with Crippen molar-refractivity contribution in [1.29, 1.82) is 0 Å². The van der Waals surface area contributed by atoms with E-state index in [4.69, 9.17) is 5.11 Å². The summed E-state index contributed by atoms with van der Waals surface area (Å²) < 4.78 is 0. The Bertz CT molecular complexity index is 199. The number of thioether (sulfide) groups is 1. The molecule has 0 amide bonds. The van der Waals surface area contributed by atoms with Crippen LogP contribution in [0.1, 0.15) is 19.8 Å². The van der Waals surface area contributed by atoms with Crippen molar-refractivity contribution in [2.75, 3.05) is 31.2 Å². The van der Waals surface area contributed by atoms with Crippen LogP contribution < -0.4 is 10.6 Å². The monoisotopic (exact) mass is 359 g/mol. The third-order valence-electron chi connectivity index (χ3n) is 2.22. The lowest BCUT2D eigenvalue weighted by molar-refractivity contribution is 0.306. The van der Waals surface area contributed by atoms with E-state index in [1.54, 1.807) is 0 Å². The molecule has 1 saturated heterocycles. The average Bonchev–Trinajstić information content (AvgIpc) is 2.28. The normalized spacial score (nSPS) is 21.1. The number of hydrogen-bond donors (Lipinski definition) is 3. The maximum absolute atomic E-state index is 8.72. The molecule has 0 aromatic heterocycles. The summed E-state index contributed by atoms with van der Waals surface area (Å²) >= 11 is 1.99. The van der Waals surface area contributed by atoms with Gasteiger partial charge in [-0.3, -0.25) is 4.99 Å². The Morgan fingerprint density at radius 1 is 1.56 bits per heavy atom. The number of aliphatic imine (C=N–C) groups is 1. The highest BCUT2D eigenvalue weighted by Gasteiger charge is 2.14. The zero-order chi connectivity index (χ0) is 10.9. The van der Waals surface area contributed by atoms with E-state index < -0.39 is 0 Å². The molecule has 1 heterocycles. The number of nitrogens with one attached hydrogen (secondary N) is 2. The summed E-state index contributed by atoms with van der Waals surface area (Å²) in [7, 11) is 0. The van der Waals surface area contributed by atoms with Gasteiger partial charge in [-0.25, -0.2) is 0 Å². The van der Waals surface area contributed by atoms with Gasteiger partial charge in [-0.15, -0.1) is 24.0 Å². The molecule has 1 aliphatic rings. The maximum atomic E-state index is 8.72. The summed E-state index contributed by atoms with van der Waals surface area (Å²) in [6.07, 6.45) is 2.50. The van der Waals surface area contributed by atoms with Gasteiger partial charge in [0.15, 0.2) is 5.96 Å². The Labute approximate surface area is 119 Å². The van der Waals surface area contributed by atoms with E-state index in [9.17, 15) is 0 Å². The summed E-state index contributed by atoms with van der Waals surface area (Å²) in [4.78, 5) is 4.26. The second kappa shape index (κ2) is 10.5. The smallest absolute Gasteiger partial charge is 0.191 e. The number of halogens is 1. The summed E-state index contributed by atoms with van der Waals surface area (Å²) in [5.41, 5.74) is 0. The summed E-state index contributed by atoms with van der Waals surface area (Å²) in [6.45, 7) is 3.48. The molecular weight excluding hydrogens is 337 g/mol. The van der Waals surface area contributed by atoms with Crippen molar-refractivity contribution in [3.63, 3.8) is 0 Å². The van der Waals surface area contributed by atoms with Crippen LogP contribution >= 0.6 is 35.7 Å². The van der Waals surface area contributed by atoms with Crippen molar-refractivity contribution >= 4 is 41.7 Å². The van der Waals surface area contributed by atoms with Gasteiger partial charge in [0, 0.05) is 18.3 Å². The van der Waals surface area contributed by atoms with Crippen LogP contribution in [0.15, 0.2) is 4.99 Å². The van der Waals surface area contributed by atoms with Crippen LogP contribution in [0.4, 0.5) is 0 Å². The Kier molecular flexibility index (Phi) is 10.7. The second-order valence-corrected chi connectivity index (χ2v) is 4.69. The van der Waals surface area contributed by atoms with E-state index in [-0.39, 0.29) is 30.6 Å². The molecule has 96 valence electrons. The highest BCUT2D eigenvalue weighted by molar-refractivity contribution is 14.0. The van der Waals surface area contributed by atoms with E-state index in [0.717, 1.165) is 18.3 Å². The van der Waals surface area contributed by atoms with Gasteiger partial charge >= 0.3 is 0 Å². The standard InChI is InChI=1S/C10H21N3OS.HI/c1-2-11-10(12-5-6-14)13-9-4-3-7-15-8-9;/h9,14H,2-8H2,1H3,(H2,11,12,13);1H. The molecular formula is C10H22IN3OS. The first kappa shape index (κ1) is 16.3. The molecule has 1 rings (SSSR count). The van der Waals surface area contributed by atoms with Gasteiger partial charge in [0.2, 0.25) is 0 Å². The number of aliphatic hydroxyl groups is 1. The first-order chi connectivity index (χ1) is 7.36. The van der Waals surface area contributed by atoms with Crippen LogP contribution in [-0.4, -0.2) is 48.3 Å². The van der Waals surface area contributed by atoms with E-state index in [1.807, 2.05) is 18.7 Å². The first-order valence-electron chi connectivity index (χ1n) is 5.60. The Morgan fingerprint density at radius 2 is 2.38 bits per heavy atom. The first-order valence-corrected chi connectivity index (χ1v) is 6.75. The van der Waals surface area contributed by atoms with Gasteiger partial charge in [0.05, 0.1) is 13.2 Å². The fraction of sp³-hybridized carbons (Fsp3) is 0.900. The van der Waals surface area contributed by atoms with Gasteiger partial charge in [-0.05, 0) is 25.5 Å². The number of aliphatic hydroxyl groups excluding tert-OH is 1. The molecule has 0 aromatic rings. The molecule has 0 spiro atoms. The molecule has 4 nitrogen and oxygen atoms in total. The fourth-order valence-corrected chi connectivity index (χ4v) is 2.60. The van der Waals surface area contributed by atoms with Crippen LogP contribution in [0.3, 0.4) is 0 Å². The lowest BCUT2D eigenvalue weighted by Gasteiger charge is -2.24. The number of nitrogens with zero attached hydrogens (tertiary/aromatic N) is 1. The number of rotatable bonds is 4. The van der Waals surface area contributed by atoms with E-state index in [2.05, 4.69) is 15.6 Å². The van der Waals surface area contributed by atoms with Gasteiger partial charge in [0.25, 0.3) is 0 Å².